The van der Waals surface area contributed by atoms with Crippen molar-refractivity contribution < 1.29 is 23.8 Å². The van der Waals surface area contributed by atoms with Crippen molar-refractivity contribution in [3.63, 3.8) is 0 Å². The predicted molar refractivity (Wildman–Crippen MR) is 137 cm³/mol. The van der Waals surface area contributed by atoms with Gasteiger partial charge in [0.05, 0.1) is 27.4 Å². The van der Waals surface area contributed by atoms with Gasteiger partial charge in [0.15, 0.2) is 5.82 Å². The van der Waals surface area contributed by atoms with E-state index in [0.717, 1.165) is 0 Å². The Morgan fingerprint density at radius 3 is 2.49 bits per heavy atom. The number of carbonyl (C=O) groups excluding carboxylic acids is 3. The first-order valence-corrected chi connectivity index (χ1v) is 11.4. The van der Waals surface area contributed by atoms with Crippen LogP contribution in [-0.4, -0.2) is 32.8 Å². The Kier molecular flexibility index (Phi) is 6.42. The van der Waals surface area contributed by atoms with Crippen molar-refractivity contribution in [1.29, 1.82) is 0 Å². The van der Waals surface area contributed by atoms with E-state index >= 15 is 0 Å². The molecule has 0 aliphatic carbocycles. The third-order valence-corrected chi connectivity index (χ3v) is 5.83. The van der Waals surface area contributed by atoms with Gasteiger partial charge in [-0.15, -0.1) is 0 Å². The van der Waals surface area contributed by atoms with Gasteiger partial charge in [0.1, 0.15) is 12.2 Å². The van der Waals surface area contributed by atoms with Crippen molar-refractivity contribution in [2.75, 3.05) is 16.0 Å². The molecule has 0 unspecified atom stereocenters. The number of aryl methyl sites for hydroxylation is 1. The Labute approximate surface area is 211 Å². The number of nitrogens with one attached hydrogen (secondary N) is 4. The van der Waals surface area contributed by atoms with Crippen LogP contribution in [0.15, 0.2) is 28.8 Å². The lowest BCUT2D eigenvalue weighted by Crippen LogP contribution is -2.21. The highest BCUT2D eigenvalue weighted by atomic mass is 16.6. The number of amides is 3. The number of carbonyl (C=O) groups is 3. The maximum atomic E-state index is 12.6. The number of aromatic amines is 1. The van der Waals surface area contributed by atoms with E-state index in [0.29, 0.717) is 45.2 Å². The molecule has 2 aromatic heterocycles. The Morgan fingerprint density at radius 1 is 1.16 bits per heavy atom. The molecule has 0 saturated carbocycles. The summed E-state index contributed by atoms with van der Waals surface area (Å²) >= 11 is 0. The molecule has 0 saturated heterocycles. The molecule has 1 aromatic carbocycles. The Morgan fingerprint density at radius 2 is 1.86 bits per heavy atom. The molecule has 0 radical (unpaired) electrons. The standard InChI is InChI=1S/C25H26N6O6/c1-12-17(26-13(2)23(12)31(35)36)9-16-15-7-6-14(8-18(15)28-24(16)34)27-21(32)11-22(33)29-20-10-19(37-30-20)25(3,4)5/h6-10,26H,11H2,1-5H3,(H,27,32)(H,28,34)(H,29,30,33)/b16-9-. The summed E-state index contributed by atoms with van der Waals surface area (Å²) in [5.74, 6) is -0.673. The summed E-state index contributed by atoms with van der Waals surface area (Å²) in [6.45, 7) is 9.04. The number of hydrogen-bond acceptors (Lipinski definition) is 7. The van der Waals surface area contributed by atoms with Crippen LogP contribution in [0, 0.1) is 24.0 Å². The summed E-state index contributed by atoms with van der Waals surface area (Å²) < 4.78 is 5.22. The number of benzene rings is 1. The van der Waals surface area contributed by atoms with Crippen molar-refractivity contribution in [2.45, 2.75) is 46.5 Å². The van der Waals surface area contributed by atoms with Crippen LogP contribution >= 0.6 is 0 Å². The molecule has 12 heteroatoms. The van der Waals surface area contributed by atoms with Crippen LogP contribution in [0.3, 0.4) is 0 Å². The topological polar surface area (TPSA) is 172 Å². The zero-order valence-electron chi connectivity index (χ0n) is 20.9. The second-order valence-corrected chi connectivity index (χ2v) is 9.77. The molecular formula is C25H26N6O6. The second kappa shape index (κ2) is 9.37. The lowest BCUT2D eigenvalue weighted by molar-refractivity contribution is -0.385. The molecule has 37 heavy (non-hydrogen) atoms. The molecular weight excluding hydrogens is 480 g/mol. The Bertz CT molecular complexity index is 1470. The Balaban J connectivity index is 1.44. The van der Waals surface area contributed by atoms with Gasteiger partial charge in [-0.05, 0) is 32.1 Å². The lowest BCUT2D eigenvalue weighted by atomic mass is 9.93. The number of rotatable bonds is 6. The molecule has 3 heterocycles. The van der Waals surface area contributed by atoms with Crippen LogP contribution in [0.1, 0.15) is 55.5 Å². The highest BCUT2D eigenvalue weighted by molar-refractivity contribution is 6.35. The van der Waals surface area contributed by atoms with Crippen molar-refractivity contribution in [2.24, 2.45) is 0 Å². The quantitative estimate of drug-likeness (QED) is 0.167. The van der Waals surface area contributed by atoms with Gasteiger partial charge in [-0.1, -0.05) is 32.0 Å². The van der Waals surface area contributed by atoms with Crippen LogP contribution in [-0.2, 0) is 19.8 Å². The van der Waals surface area contributed by atoms with Crippen molar-refractivity contribution >= 4 is 52.3 Å². The molecule has 4 N–H and O–H groups in total. The first-order valence-electron chi connectivity index (χ1n) is 11.4. The zero-order valence-corrected chi connectivity index (χ0v) is 20.9. The van der Waals surface area contributed by atoms with E-state index in [1.54, 1.807) is 44.2 Å². The van der Waals surface area contributed by atoms with Gasteiger partial charge >= 0.3 is 0 Å². The summed E-state index contributed by atoms with van der Waals surface area (Å²) in [5.41, 5.74) is 2.75. The molecule has 3 aromatic rings. The fourth-order valence-corrected chi connectivity index (χ4v) is 3.97. The average Bonchev–Trinajstić information content (AvgIpc) is 3.44. The minimum absolute atomic E-state index is 0.0224. The number of fused-ring (bicyclic) bond motifs is 1. The molecule has 4 rings (SSSR count). The molecule has 0 atom stereocenters. The highest BCUT2D eigenvalue weighted by Crippen LogP contribution is 2.36. The fraction of sp³-hybridized carbons (Fsp3) is 0.280. The number of anilines is 3. The largest absolute Gasteiger partial charge is 0.359 e. The highest BCUT2D eigenvalue weighted by Gasteiger charge is 2.27. The van der Waals surface area contributed by atoms with Crippen LogP contribution in [0.25, 0.3) is 11.6 Å². The molecule has 12 nitrogen and oxygen atoms in total. The van der Waals surface area contributed by atoms with Crippen molar-refractivity contribution in [3.05, 3.63) is 62.7 Å². The van der Waals surface area contributed by atoms with Crippen LogP contribution < -0.4 is 16.0 Å². The summed E-state index contributed by atoms with van der Waals surface area (Å²) in [4.78, 5) is 51.0. The third-order valence-electron chi connectivity index (χ3n) is 5.83. The Hall–Kier alpha value is -4.74. The summed E-state index contributed by atoms with van der Waals surface area (Å²) in [5, 5.41) is 23.0. The third kappa shape index (κ3) is 5.27. The maximum Gasteiger partial charge on any atom is 0.293 e. The zero-order chi connectivity index (χ0) is 27.1. The van der Waals surface area contributed by atoms with Crippen LogP contribution in [0.2, 0.25) is 0 Å². The van der Waals surface area contributed by atoms with Gasteiger partial charge < -0.3 is 25.5 Å². The van der Waals surface area contributed by atoms with E-state index in [4.69, 9.17) is 4.52 Å². The average molecular weight is 507 g/mol. The van der Waals surface area contributed by atoms with Gasteiger partial charge in [-0.2, -0.15) is 0 Å². The smallest absolute Gasteiger partial charge is 0.293 e. The molecule has 192 valence electrons. The second-order valence-electron chi connectivity index (χ2n) is 9.77. The van der Waals surface area contributed by atoms with E-state index in [1.807, 2.05) is 20.8 Å². The number of nitrogens with zero attached hydrogens (tertiary/aromatic N) is 2. The predicted octanol–water partition coefficient (Wildman–Crippen LogP) is 4.29. The van der Waals surface area contributed by atoms with E-state index in [9.17, 15) is 24.5 Å². The summed E-state index contributed by atoms with van der Waals surface area (Å²) in [6.07, 6.45) is 1.12. The first kappa shape index (κ1) is 25.4. The molecule has 0 bridgehead atoms. The van der Waals surface area contributed by atoms with Crippen LogP contribution in [0.5, 0.6) is 0 Å². The van der Waals surface area contributed by atoms with E-state index in [2.05, 4.69) is 26.1 Å². The van der Waals surface area contributed by atoms with Gasteiger partial charge in [-0.3, -0.25) is 24.5 Å². The lowest BCUT2D eigenvalue weighted by Gasteiger charge is -2.12. The summed E-state index contributed by atoms with van der Waals surface area (Å²) in [6, 6.07) is 6.44. The van der Waals surface area contributed by atoms with Crippen molar-refractivity contribution in [3.8, 4) is 0 Å². The summed E-state index contributed by atoms with van der Waals surface area (Å²) in [7, 11) is 0. The fourth-order valence-electron chi connectivity index (χ4n) is 3.97. The number of aromatic nitrogens is 2. The maximum absolute atomic E-state index is 12.6. The monoisotopic (exact) mass is 506 g/mol. The van der Waals surface area contributed by atoms with E-state index < -0.39 is 23.2 Å². The van der Waals surface area contributed by atoms with Gasteiger partial charge in [0.2, 0.25) is 11.8 Å². The number of H-pyrrole nitrogens is 1. The minimum atomic E-state index is -0.559. The van der Waals surface area contributed by atoms with Gasteiger partial charge in [0.25, 0.3) is 11.6 Å². The molecule has 3 amide bonds. The molecule has 0 spiro atoms. The molecule has 1 aliphatic heterocycles. The molecule has 0 fully saturated rings. The van der Waals surface area contributed by atoms with E-state index in [-0.39, 0.29) is 22.8 Å². The minimum Gasteiger partial charge on any atom is -0.359 e. The first-order chi connectivity index (χ1) is 17.3. The number of nitro groups is 1. The van der Waals surface area contributed by atoms with Gasteiger partial charge in [-0.25, -0.2) is 0 Å². The van der Waals surface area contributed by atoms with Crippen LogP contribution in [0.4, 0.5) is 22.9 Å². The van der Waals surface area contributed by atoms with E-state index in [1.165, 1.54) is 0 Å². The molecule has 1 aliphatic rings. The SMILES string of the molecule is Cc1[nH]c(/C=C2\C(=O)Nc3cc(NC(=O)CC(=O)Nc4cc(C(C)(C)C)on4)ccc32)c(C)c1[N+](=O)[O-]. The van der Waals surface area contributed by atoms with Gasteiger partial charge in [0, 0.05) is 28.4 Å². The normalized spacial score (nSPS) is 13.9. The van der Waals surface area contributed by atoms with Crippen molar-refractivity contribution in [1.82, 2.24) is 10.1 Å². The number of hydrogen-bond donors (Lipinski definition) is 4.